The number of piperidine rings is 1. The molecule has 7 heteroatoms. The lowest BCUT2D eigenvalue weighted by molar-refractivity contribution is -0.186. The van der Waals surface area contributed by atoms with Gasteiger partial charge in [0.1, 0.15) is 5.69 Å². The van der Waals surface area contributed by atoms with E-state index < -0.39 is 12.1 Å². The molecule has 2 heterocycles. The zero-order chi connectivity index (χ0) is 15.5. The minimum atomic E-state index is -4.82. The van der Waals surface area contributed by atoms with Crippen molar-refractivity contribution in [3.63, 3.8) is 0 Å². The van der Waals surface area contributed by atoms with E-state index in [4.69, 9.17) is 0 Å². The van der Waals surface area contributed by atoms with Crippen LogP contribution in [0.1, 0.15) is 29.8 Å². The highest BCUT2D eigenvalue weighted by Gasteiger charge is 2.43. The Morgan fingerprint density at radius 1 is 1.24 bits per heavy atom. The molecule has 1 fully saturated rings. The van der Waals surface area contributed by atoms with Crippen LogP contribution in [0, 0.1) is 5.92 Å². The first-order valence-electron chi connectivity index (χ1n) is 6.68. The van der Waals surface area contributed by atoms with Gasteiger partial charge in [0.2, 0.25) is 0 Å². The number of ketones is 1. The molecule has 0 N–H and O–H groups in total. The number of amides is 1. The second kappa shape index (κ2) is 6.24. The van der Waals surface area contributed by atoms with Gasteiger partial charge in [-0.25, -0.2) is 0 Å². The highest BCUT2D eigenvalue weighted by atomic mass is 19.4. The highest BCUT2D eigenvalue weighted by molar-refractivity contribution is 5.94. The van der Waals surface area contributed by atoms with Gasteiger partial charge in [-0.2, -0.15) is 13.2 Å². The number of carbonyl (C=O) groups excluding carboxylic acids is 2. The summed E-state index contributed by atoms with van der Waals surface area (Å²) in [5, 5.41) is 0. The van der Waals surface area contributed by atoms with Gasteiger partial charge in [-0.1, -0.05) is 6.07 Å². The van der Waals surface area contributed by atoms with Crippen LogP contribution in [0.5, 0.6) is 0 Å². The molecule has 0 unspecified atom stereocenters. The number of hydrogen-bond acceptors (Lipinski definition) is 3. The average molecular weight is 300 g/mol. The van der Waals surface area contributed by atoms with Crippen LogP contribution in [-0.4, -0.2) is 40.8 Å². The second-order valence-corrected chi connectivity index (χ2v) is 5.08. The summed E-state index contributed by atoms with van der Waals surface area (Å²) in [7, 11) is 0. The van der Waals surface area contributed by atoms with Gasteiger partial charge < -0.3 is 4.90 Å². The van der Waals surface area contributed by atoms with E-state index >= 15 is 0 Å². The van der Waals surface area contributed by atoms with Crippen LogP contribution in [0.4, 0.5) is 13.2 Å². The number of rotatable bonds is 3. The first kappa shape index (κ1) is 15.5. The topological polar surface area (TPSA) is 50.3 Å². The van der Waals surface area contributed by atoms with E-state index in [0.29, 0.717) is 18.5 Å². The lowest BCUT2D eigenvalue weighted by Crippen LogP contribution is -2.45. The maximum Gasteiger partial charge on any atom is 0.471 e. The Morgan fingerprint density at radius 2 is 1.90 bits per heavy atom. The van der Waals surface area contributed by atoms with Crippen LogP contribution in [0.15, 0.2) is 24.4 Å². The number of likely N-dealkylation sites (tertiary alicyclic amines) is 1. The number of Topliss-reactive ketones (excluding diaryl/α,β-unsaturated/α-hetero) is 1. The minimum Gasteiger partial charge on any atom is -0.335 e. The summed E-state index contributed by atoms with van der Waals surface area (Å²) in [5.41, 5.74) is 0.367. The van der Waals surface area contributed by atoms with Crippen LogP contribution in [0.25, 0.3) is 0 Å². The van der Waals surface area contributed by atoms with Crippen LogP contribution >= 0.6 is 0 Å². The number of nitrogens with zero attached hydrogens (tertiary/aromatic N) is 2. The molecular formula is C14H15F3N2O2. The largest absolute Gasteiger partial charge is 0.471 e. The molecule has 0 bridgehead atoms. The third-order valence-electron chi connectivity index (χ3n) is 3.57. The Morgan fingerprint density at radius 3 is 2.43 bits per heavy atom. The molecule has 1 aliphatic heterocycles. The molecule has 0 radical (unpaired) electrons. The molecule has 0 spiro atoms. The first-order chi connectivity index (χ1) is 9.88. The van der Waals surface area contributed by atoms with Crippen molar-refractivity contribution in [2.75, 3.05) is 13.1 Å². The summed E-state index contributed by atoms with van der Waals surface area (Å²) in [6.45, 7) is 0.0804. The summed E-state index contributed by atoms with van der Waals surface area (Å²) in [6, 6.07) is 5.04. The van der Waals surface area contributed by atoms with E-state index in [0.717, 1.165) is 4.90 Å². The SMILES string of the molecule is O=C(CC1CCN(C(=O)C(F)(F)F)CC1)c1ccccn1. The molecule has 0 atom stereocenters. The quantitative estimate of drug-likeness (QED) is 0.806. The fourth-order valence-electron chi connectivity index (χ4n) is 2.41. The third kappa shape index (κ3) is 4.03. The van der Waals surface area contributed by atoms with Crippen LogP contribution < -0.4 is 0 Å². The Labute approximate surface area is 120 Å². The Kier molecular flexibility index (Phi) is 4.59. The summed E-state index contributed by atoms with van der Waals surface area (Å²) in [4.78, 5) is 27.8. The predicted molar refractivity (Wildman–Crippen MR) is 68.5 cm³/mol. The summed E-state index contributed by atoms with van der Waals surface area (Å²) < 4.78 is 36.9. The van der Waals surface area contributed by atoms with Gasteiger partial charge in [0.15, 0.2) is 5.78 Å². The van der Waals surface area contributed by atoms with Crippen LogP contribution in [0.3, 0.4) is 0 Å². The molecule has 1 saturated heterocycles. The molecule has 1 aromatic rings. The van der Waals surface area contributed by atoms with E-state index in [2.05, 4.69) is 4.98 Å². The Balaban J connectivity index is 1.85. The fraction of sp³-hybridized carbons (Fsp3) is 0.500. The van der Waals surface area contributed by atoms with Gasteiger partial charge in [0.25, 0.3) is 0 Å². The molecule has 1 aliphatic rings. The minimum absolute atomic E-state index is 0.00297. The summed E-state index contributed by atoms with van der Waals surface area (Å²) >= 11 is 0. The Hall–Kier alpha value is -1.92. The number of alkyl halides is 3. The number of aromatic nitrogens is 1. The molecular weight excluding hydrogens is 285 g/mol. The van der Waals surface area contributed by atoms with Crippen molar-refractivity contribution in [3.05, 3.63) is 30.1 Å². The maximum atomic E-state index is 12.3. The molecule has 1 amide bonds. The predicted octanol–water partition coefficient (Wildman–Crippen LogP) is 2.46. The van der Waals surface area contributed by atoms with Crippen molar-refractivity contribution < 1.29 is 22.8 Å². The molecule has 1 aromatic heterocycles. The molecule has 0 aliphatic carbocycles. The van der Waals surface area contributed by atoms with Crippen molar-refractivity contribution >= 4 is 11.7 Å². The van der Waals surface area contributed by atoms with Gasteiger partial charge in [-0.3, -0.25) is 14.6 Å². The summed E-state index contributed by atoms with van der Waals surface area (Å²) in [6.07, 6.45) is -2.24. The normalized spacial score (nSPS) is 16.8. The lowest BCUT2D eigenvalue weighted by Gasteiger charge is -2.32. The van der Waals surface area contributed by atoms with Gasteiger partial charge >= 0.3 is 12.1 Å². The molecule has 4 nitrogen and oxygen atoms in total. The van der Waals surface area contributed by atoms with Crippen LogP contribution in [0.2, 0.25) is 0 Å². The number of pyridine rings is 1. The van der Waals surface area contributed by atoms with Crippen molar-refractivity contribution in [2.24, 2.45) is 5.92 Å². The molecule has 0 saturated carbocycles. The average Bonchev–Trinajstić information content (AvgIpc) is 2.47. The van der Waals surface area contributed by atoms with Gasteiger partial charge in [0.05, 0.1) is 0 Å². The zero-order valence-corrected chi connectivity index (χ0v) is 11.3. The lowest BCUT2D eigenvalue weighted by atomic mass is 9.91. The standard InChI is InChI=1S/C14H15F3N2O2/c15-14(16,17)13(21)19-7-4-10(5-8-19)9-12(20)11-3-1-2-6-18-11/h1-3,6,10H,4-5,7-9H2. The Bertz CT molecular complexity index is 509. The number of carbonyl (C=O) groups is 2. The van der Waals surface area contributed by atoms with Crippen molar-refractivity contribution in [1.82, 2.24) is 9.88 Å². The fourth-order valence-corrected chi connectivity index (χ4v) is 2.41. The van der Waals surface area contributed by atoms with E-state index in [1.165, 1.54) is 6.20 Å². The van der Waals surface area contributed by atoms with E-state index in [9.17, 15) is 22.8 Å². The van der Waals surface area contributed by atoms with Gasteiger partial charge in [-0.15, -0.1) is 0 Å². The van der Waals surface area contributed by atoms with Crippen LogP contribution in [-0.2, 0) is 4.79 Å². The zero-order valence-electron chi connectivity index (χ0n) is 11.3. The van der Waals surface area contributed by atoms with Crippen molar-refractivity contribution in [2.45, 2.75) is 25.4 Å². The number of halogens is 3. The molecule has 21 heavy (non-hydrogen) atoms. The molecule has 114 valence electrons. The van der Waals surface area contributed by atoms with Gasteiger partial charge in [0, 0.05) is 25.7 Å². The number of hydrogen-bond donors (Lipinski definition) is 0. The maximum absolute atomic E-state index is 12.3. The van der Waals surface area contributed by atoms with Crippen molar-refractivity contribution in [1.29, 1.82) is 0 Å². The van der Waals surface area contributed by atoms with Gasteiger partial charge in [-0.05, 0) is 30.9 Å². The van der Waals surface area contributed by atoms with Crippen molar-refractivity contribution in [3.8, 4) is 0 Å². The van der Waals surface area contributed by atoms with E-state index in [1.54, 1.807) is 18.2 Å². The van der Waals surface area contributed by atoms with E-state index in [1.807, 2.05) is 0 Å². The smallest absolute Gasteiger partial charge is 0.335 e. The first-order valence-corrected chi connectivity index (χ1v) is 6.68. The summed E-state index contributed by atoms with van der Waals surface area (Å²) in [5.74, 6) is -1.91. The molecule has 2 rings (SSSR count). The second-order valence-electron chi connectivity index (χ2n) is 5.08. The third-order valence-corrected chi connectivity index (χ3v) is 3.57. The van der Waals surface area contributed by atoms with E-state index in [-0.39, 0.29) is 31.2 Å². The highest BCUT2D eigenvalue weighted by Crippen LogP contribution is 2.26. The monoisotopic (exact) mass is 300 g/mol. The molecule has 0 aromatic carbocycles.